The Bertz CT molecular complexity index is 1060. The largest absolute Gasteiger partial charge is 0.395 e. The van der Waals surface area contributed by atoms with E-state index >= 15 is 0 Å². The van der Waals surface area contributed by atoms with Crippen LogP contribution in [0.2, 0.25) is 0 Å². The average molecular weight is 427 g/mol. The maximum absolute atomic E-state index is 12.8. The van der Waals surface area contributed by atoms with Crippen LogP contribution in [0.25, 0.3) is 5.65 Å². The molecule has 0 aliphatic heterocycles. The van der Waals surface area contributed by atoms with Gasteiger partial charge in [0, 0.05) is 13.1 Å². The Morgan fingerprint density at radius 3 is 2.74 bits per heavy atom. The SMILES string of the molecule is CCCC(CC)NC(=O)c1cnc2ccc(Nc3cc(CO)cc(N(C)N)c3N)nn12. The van der Waals surface area contributed by atoms with Crippen molar-refractivity contribution in [3.63, 3.8) is 0 Å². The molecular formula is C21H30N8O2. The molecule has 2 heterocycles. The number of hydrogen-bond acceptors (Lipinski definition) is 8. The van der Waals surface area contributed by atoms with Crippen LogP contribution < -0.4 is 27.2 Å². The number of carbonyl (C=O) groups excluding carboxylic acids is 1. The number of nitrogens with one attached hydrogen (secondary N) is 2. The van der Waals surface area contributed by atoms with Crippen LogP contribution in [0.5, 0.6) is 0 Å². The molecule has 2 aromatic heterocycles. The highest BCUT2D eigenvalue weighted by Gasteiger charge is 2.17. The van der Waals surface area contributed by atoms with Crippen LogP contribution in [-0.2, 0) is 6.61 Å². The summed E-state index contributed by atoms with van der Waals surface area (Å²) in [7, 11) is 1.67. The number of amides is 1. The molecule has 0 aliphatic rings. The lowest BCUT2D eigenvalue weighted by Gasteiger charge is -2.19. The number of aliphatic hydroxyl groups excluding tert-OH is 1. The number of fused-ring (bicyclic) bond motifs is 1. The van der Waals surface area contributed by atoms with E-state index in [0.717, 1.165) is 19.3 Å². The smallest absolute Gasteiger partial charge is 0.271 e. The lowest BCUT2D eigenvalue weighted by Crippen LogP contribution is -2.35. The lowest BCUT2D eigenvalue weighted by molar-refractivity contribution is 0.0926. The number of rotatable bonds is 9. The van der Waals surface area contributed by atoms with Gasteiger partial charge in [0.05, 0.1) is 29.9 Å². The lowest BCUT2D eigenvalue weighted by atomic mass is 10.1. The Morgan fingerprint density at radius 2 is 2.10 bits per heavy atom. The molecule has 0 aliphatic carbocycles. The van der Waals surface area contributed by atoms with Crippen molar-refractivity contribution in [1.82, 2.24) is 19.9 Å². The summed E-state index contributed by atoms with van der Waals surface area (Å²) >= 11 is 0. The summed E-state index contributed by atoms with van der Waals surface area (Å²) in [6.45, 7) is 3.98. The van der Waals surface area contributed by atoms with E-state index in [1.165, 1.54) is 15.7 Å². The monoisotopic (exact) mass is 426 g/mol. The van der Waals surface area contributed by atoms with Crippen molar-refractivity contribution >= 4 is 34.4 Å². The second kappa shape index (κ2) is 9.63. The summed E-state index contributed by atoms with van der Waals surface area (Å²) in [5, 5.41) is 21.7. The number of nitrogens with two attached hydrogens (primary N) is 2. The molecule has 0 saturated heterocycles. The van der Waals surface area contributed by atoms with Crippen molar-refractivity contribution in [2.24, 2.45) is 5.84 Å². The molecular weight excluding hydrogens is 396 g/mol. The first-order chi connectivity index (χ1) is 14.9. The summed E-state index contributed by atoms with van der Waals surface area (Å²) in [6.07, 6.45) is 4.28. The zero-order valence-electron chi connectivity index (χ0n) is 18.1. The quantitative estimate of drug-likeness (QED) is 0.199. The predicted molar refractivity (Wildman–Crippen MR) is 122 cm³/mol. The molecule has 0 saturated carbocycles. The molecule has 7 N–H and O–H groups in total. The van der Waals surface area contributed by atoms with Crippen LogP contribution in [0.1, 0.15) is 49.2 Å². The normalized spacial score (nSPS) is 12.0. The third-order valence-electron chi connectivity index (χ3n) is 5.10. The molecule has 3 rings (SSSR count). The minimum atomic E-state index is -0.216. The number of carbonyl (C=O) groups is 1. The highest BCUT2D eigenvalue weighted by molar-refractivity contribution is 5.93. The number of hydrogen-bond donors (Lipinski definition) is 5. The zero-order chi connectivity index (χ0) is 22.5. The van der Waals surface area contributed by atoms with E-state index in [2.05, 4.69) is 27.6 Å². The molecule has 31 heavy (non-hydrogen) atoms. The van der Waals surface area contributed by atoms with E-state index in [-0.39, 0.29) is 18.6 Å². The summed E-state index contributed by atoms with van der Waals surface area (Å²) in [6, 6.07) is 7.06. The van der Waals surface area contributed by atoms with Gasteiger partial charge in [-0.15, -0.1) is 5.10 Å². The standard InChI is InChI=1S/C21H30N8O2/c1-4-6-14(5-2)25-21(31)17-11-24-19-8-7-18(27-29(17)19)26-15-9-13(12-30)10-16(20(15)22)28(3)23/h7-11,14,30H,4-6,12,22-23H2,1-3H3,(H,25,31)(H,26,27). The maximum atomic E-state index is 12.8. The molecule has 1 aromatic carbocycles. The maximum Gasteiger partial charge on any atom is 0.271 e. The molecule has 10 nitrogen and oxygen atoms in total. The van der Waals surface area contributed by atoms with Gasteiger partial charge >= 0.3 is 0 Å². The summed E-state index contributed by atoms with van der Waals surface area (Å²) < 4.78 is 1.50. The topological polar surface area (TPSA) is 147 Å². The van der Waals surface area contributed by atoms with E-state index in [9.17, 15) is 9.90 Å². The van der Waals surface area contributed by atoms with E-state index in [1.54, 1.807) is 31.3 Å². The van der Waals surface area contributed by atoms with E-state index < -0.39 is 0 Å². The first kappa shape index (κ1) is 22.3. The molecule has 0 bridgehead atoms. The summed E-state index contributed by atoms with van der Waals surface area (Å²) in [4.78, 5) is 17.1. The van der Waals surface area contributed by atoms with Crippen LogP contribution >= 0.6 is 0 Å². The molecule has 1 unspecified atom stereocenters. The summed E-state index contributed by atoms with van der Waals surface area (Å²) in [5.41, 5.74) is 9.34. The Hall–Kier alpha value is -3.37. The molecule has 0 spiro atoms. The van der Waals surface area contributed by atoms with Crippen LogP contribution in [0.15, 0.2) is 30.5 Å². The number of nitrogen functional groups attached to an aromatic ring is 1. The van der Waals surface area contributed by atoms with Crippen molar-refractivity contribution in [3.05, 3.63) is 41.7 Å². The molecule has 3 aromatic rings. The van der Waals surface area contributed by atoms with E-state index in [1.807, 2.05) is 6.92 Å². The van der Waals surface area contributed by atoms with Crippen LogP contribution in [0, 0.1) is 0 Å². The highest BCUT2D eigenvalue weighted by atomic mass is 16.3. The van der Waals surface area contributed by atoms with Gasteiger partial charge in [0.1, 0.15) is 0 Å². The molecule has 10 heteroatoms. The molecule has 166 valence electrons. The van der Waals surface area contributed by atoms with Crippen molar-refractivity contribution < 1.29 is 9.90 Å². The molecule has 1 amide bonds. The van der Waals surface area contributed by atoms with E-state index in [0.29, 0.717) is 39.8 Å². The van der Waals surface area contributed by atoms with Gasteiger partial charge in [0.15, 0.2) is 17.2 Å². The average Bonchev–Trinajstić information content (AvgIpc) is 3.18. The number of anilines is 4. The molecule has 0 fully saturated rings. The Morgan fingerprint density at radius 1 is 1.32 bits per heavy atom. The molecule has 0 radical (unpaired) electrons. The third-order valence-corrected chi connectivity index (χ3v) is 5.10. The predicted octanol–water partition coefficient (Wildman–Crippen LogP) is 2.17. The summed E-state index contributed by atoms with van der Waals surface area (Å²) in [5.74, 6) is 6.11. The number of hydrazine groups is 1. The van der Waals surface area contributed by atoms with Gasteiger partial charge in [-0.3, -0.25) is 4.79 Å². The fourth-order valence-corrected chi connectivity index (χ4v) is 3.40. The van der Waals surface area contributed by atoms with Crippen LogP contribution in [0.4, 0.5) is 22.9 Å². The van der Waals surface area contributed by atoms with Gasteiger partial charge in [-0.1, -0.05) is 20.3 Å². The van der Waals surface area contributed by atoms with E-state index in [4.69, 9.17) is 11.6 Å². The molecule has 1 atom stereocenters. The van der Waals surface area contributed by atoms with Gasteiger partial charge in [0.2, 0.25) is 0 Å². The Balaban J connectivity index is 1.92. The van der Waals surface area contributed by atoms with Crippen LogP contribution in [-0.4, -0.2) is 38.7 Å². The van der Waals surface area contributed by atoms with Gasteiger partial charge in [-0.2, -0.15) is 0 Å². The number of aliphatic hydroxyl groups is 1. The zero-order valence-corrected chi connectivity index (χ0v) is 18.1. The van der Waals surface area contributed by atoms with Crippen molar-refractivity contribution in [2.45, 2.75) is 45.8 Å². The van der Waals surface area contributed by atoms with Crippen molar-refractivity contribution in [2.75, 3.05) is 23.1 Å². The number of nitrogens with zero attached hydrogens (tertiary/aromatic N) is 4. The Kier molecular flexibility index (Phi) is 6.93. The van der Waals surface area contributed by atoms with Gasteiger partial charge < -0.3 is 26.5 Å². The third kappa shape index (κ3) is 4.86. The number of benzene rings is 1. The number of imidazole rings is 1. The second-order valence-electron chi connectivity index (χ2n) is 7.47. The van der Waals surface area contributed by atoms with Crippen molar-refractivity contribution in [1.29, 1.82) is 0 Å². The minimum absolute atomic E-state index is 0.108. The fraction of sp³-hybridized carbons (Fsp3) is 0.381. The van der Waals surface area contributed by atoms with Gasteiger partial charge in [0.25, 0.3) is 5.91 Å². The van der Waals surface area contributed by atoms with Crippen molar-refractivity contribution in [3.8, 4) is 0 Å². The van der Waals surface area contributed by atoms with Gasteiger partial charge in [-0.25, -0.2) is 15.3 Å². The fourth-order valence-electron chi connectivity index (χ4n) is 3.40. The highest BCUT2D eigenvalue weighted by Crippen LogP contribution is 2.32. The Labute approximate surface area is 181 Å². The van der Waals surface area contributed by atoms with Crippen LogP contribution in [0.3, 0.4) is 0 Å². The number of aromatic nitrogens is 3. The minimum Gasteiger partial charge on any atom is -0.395 e. The second-order valence-corrected chi connectivity index (χ2v) is 7.47. The first-order valence-corrected chi connectivity index (χ1v) is 10.3. The first-order valence-electron chi connectivity index (χ1n) is 10.3. The van der Waals surface area contributed by atoms with Gasteiger partial charge in [-0.05, 0) is 42.7 Å².